The van der Waals surface area contributed by atoms with Crippen LogP contribution in [0.3, 0.4) is 0 Å². The molecule has 0 saturated carbocycles. The number of hydrogen-bond donors (Lipinski definition) is 1. The Hall–Kier alpha value is -1.82. The van der Waals surface area contributed by atoms with E-state index >= 15 is 0 Å². The maximum absolute atomic E-state index is 12.8. The Bertz CT molecular complexity index is 463. The van der Waals surface area contributed by atoms with Crippen LogP contribution in [0.15, 0.2) is 36.4 Å². The van der Waals surface area contributed by atoms with Gasteiger partial charge in [0.1, 0.15) is 18.2 Å². The average Bonchev–Trinajstić information content (AvgIpc) is 2.59. The molecule has 1 atom stereocenters. The van der Waals surface area contributed by atoms with Crippen LogP contribution < -0.4 is 5.32 Å². The molecule has 0 heterocycles. The maximum Gasteiger partial charge on any atom is 0.407 e. The fraction of sp³-hybridized carbons (Fsp3) is 0.650. The third kappa shape index (κ3) is 13.5. The second-order valence-corrected chi connectivity index (χ2v) is 6.14. The molecule has 5 nitrogen and oxygen atoms in total. The predicted molar refractivity (Wildman–Crippen MR) is 103 cm³/mol. The Labute approximate surface area is 157 Å². The van der Waals surface area contributed by atoms with Crippen molar-refractivity contribution in [3.8, 4) is 0 Å². The van der Waals surface area contributed by atoms with Gasteiger partial charge in [0.05, 0.1) is 19.8 Å². The molecule has 0 aromatic carbocycles. The molecule has 0 rings (SSSR count). The van der Waals surface area contributed by atoms with E-state index in [0.29, 0.717) is 43.6 Å². The lowest BCUT2D eigenvalue weighted by atomic mass is 10.0. The Morgan fingerprint density at radius 2 is 1.92 bits per heavy atom. The molecule has 0 fully saturated rings. The zero-order chi connectivity index (χ0) is 19.8. The van der Waals surface area contributed by atoms with Crippen molar-refractivity contribution in [2.24, 2.45) is 5.92 Å². The molecule has 26 heavy (non-hydrogen) atoms. The summed E-state index contributed by atoms with van der Waals surface area (Å²) < 4.78 is 28.7. The lowest BCUT2D eigenvalue weighted by molar-refractivity contribution is 0.0760. The van der Waals surface area contributed by atoms with Gasteiger partial charge in [0, 0.05) is 12.6 Å². The zero-order valence-corrected chi connectivity index (χ0v) is 16.4. The Kier molecular flexibility index (Phi) is 14.4. The first kappa shape index (κ1) is 24.2. The van der Waals surface area contributed by atoms with E-state index in [1.165, 1.54) is 6.08 Å². The molecular weight excluding hydrogens is 337 g/mol. The summed E-state index contributed by atoms with van der Waals surface area (Å²) in [6.07, 6.45) is 5.15. The van der Waals surface area contributed by atoms with E-state index in [1.807, 2.05) is 0 Å². The Morgan fingerprint density at radius 3 is 2.50 bits per heavy atom. The molecule has 0 spiro atoms. The van der Waals surface area contributed by atoms with Crippen molar-refractivity contribution in [3.63, 3.8) is 0 Å². The summed E-state index contributed by atoms with van der Waals surface area (Å²) >= 11 is 0. The topological polar surface area (TPSA) is 56.8 Å². The Morgan fingerprint density at radius 1 is 1.19 bits per heavy atom. The van der Waals surface area contributed by atoms with E-state index in [-0.39, 0.29) is 6.61 Å². The molecule has 0 saturated heterocycles. The van der Waals surface area contributed by atoms with Crippen LogP contribution in [0.4, 0.5) is 9.18 Å². The van der Waals surface area contributed by atoms with Gasteiger partial charge in [-0.05, 0) is 24.8 Å². The molecule has 150 valence electrons. The third-order valence-electron chi connectivity index (χ3n) is 3.70. The first-order valence-electron chi connectivity index (χ1n) is 9.23. The lowest BCUT2D eigenvalue weighted by Crippen LogP contribution is -2.29. The van der Waals surface area contributed by atoms with Crippen molar-refractivity contribution in [1.29, 1.82) is 0 Å². The minimum Gasteiger partial charge on any atom is -0.491 e. The number of alkyl carbamates (subject to hydrolysis) is 1. The van der Waals surface area contributed by atoms with Crippen LogP contribution >= 0.6 is 0 Å². The fourth-order valence-electron chi connectivity index (χ4n) is 2.11. The molecule has 0 bridgehead atoms. The summed E-state index contributed by atoms with van der Waals surface area (Å²) in [5, 5.41) is 2.65. The van der Waals surface area contributed by atoms with Crippen molar-refractivity contribution >= 4 is 6.09 Å². The van der Waals surface area contributed by atoms with Crippen molar-refractivity contribution in [3.05, 3.63) is 36.4 Å². The van der Waals surface area contributed by atoms with Crippen LogP contribution in [0.25, 0.3) is 0 Å². The van der Waals surface area contributed by atoms with E-state index in [2.05, 4.69) is 32.3 Å². The van der Waals surface area contributed by atoms with Gasteiger partial charge in [-0.15, -0.1) is 0 Å². The van der Waals surface area contributed by atoms with Crippen LogP contribution in [0, 0.1) is 5.92 Å². The summed E-state index contributed by atoms with van der Waals surface area (Å²) in [6, 6.07) is 0. The number of carbonyl (C=O) groups excluding carboxylic acids is 1. The molecule has 6 heteroatoms. The predicted octanol–water partition coefficient (Wildman–Crippen LogP) is 4.91. The van der Waals surface area contributed by atoms with Gasteiger partial charge in [0.15, 0.2) is 0 Å². The van der Waals surface area contributed by atoms with Gasteiger partial charge in [-0.25, -0.2) is 9.18 Å². The first-order valence-corrected chi connectivity index (χ1v) is 9.23. The van der Waals surface area contributed by atoms with E-state index in [9.17, 15) is 9.18 Å². The van der Waals surface area contributed by atoms with Gasteiger partial charge in [0.25, 0.3) is 0 Å². The van der Waals surface area contributed by atoms with E-state index in [0.717, 1.165) is 25.7 Å². The minimum absolute atomic E-state index is 0.256. The van der Waals surface area contributed by atoms with Crippen LogP contribution in [0.2, 0.25) is 0 Å². The van der Waals surface area contributed by atoms with Crippen LogP contribution in [-0.2, 0) is 14.2 Å². The highest BCUT2D eigenvalue weighted by atomic mass is 19.1. The summed E-state index contributed by atoms with van der Waals surface area (Å²) in [7, 11) is 0. The van der Waals surface area contributed by atoms with E-state index < -0.39 is 11.9 Å². The minimum atomic E-state index is -0.591. The third-order valence-corrected chi connectivity index (χ3v) is 3.70. The summed E-state index contributed by atoms with van der Waals surface area (Å²) in [6.45, 7) is 14.6. The highest BCUT2D eigenvalue weighted by Gasteiger charge is 2.09. The van der Waals surface area contributed by atoms with Gasteiger partial charge in [-0.1, -0.05) is 46.3 Å². The number of halogens is 1. The highest BCUT2D eigenvalue weighted by Crippen LogP contribution is 2.13. The second-order valence-electron chi connectivity index (χ2n) is 6.14. The van der Waals surface area contributed by atoms with Crippen molar-refractivity contribution < 1.29 is 23.4 Å². The number of carbonyl (C=O) groups is 1. The molecule has 0 aliphatic heterocycles. The van der Waals surface area contributed by atoms with Crippen LogP contribution in [-0.4, -0.2) is 39.1 Å². The molecule has 1 unspecified atom stereocenters. The van der Waals surface area contributed by atoms with Gasteiger partial charge in [-0.2, -0.15) is 0 Å². The van der Waals surface area contributed by atoms with Crippen LogP contribution in [0.1, 0.15) is 46.5 Å². The van der Waals surface area contributed by atoms with Crippen LogP contribution in [0.5, 0.6) is 0 Å². The summed E-state index contributed by atoms with van der Waals surface area (Å²) in [5.74, 6) is 0.174. The zero-order valence-electron chi connectivity index (χ0n) is 16.4. The largest absolute Gasteiger partial charge is 0.491 e. The molecule has 0 radical (unpaired) electrons. The standard InChI is InChI=1S/C20H34FNO4/c1-6-8-9-18(7-2)15-26-20(23)22-10-11-24-12-13-25-19(16(3)4)14-17(5)21/h14,18H,3,5-13,15H2,1-2,4H3,(H,22,23)/b19-14+. The van der Waals surface area contributed by atoms with Gasteiger partial charge in [-0.3, -0.25) is 0 Å². The number of unbranched alkanes of at least 4 members (excludes halogenated alkanes) is 1. The SMILES string of the molecule is C=C(F)/C=C(/OCCOCCNC(=O)OCC(CC)CCCC)C(=C)C. The molecule has 1 amide bonds. The number of amides is 1. The average molecular weight is 371 g/mol. The monoisotopic (exact) mass is 371 g/mol. The maximum atomic E-state index is 12.8. The lowest BCUT2D eigenvalue weighted by Gasteiger charge is -2.15. The normalized spacial score (nSPS) is 12.4. The van der Waals surface area contributed by atoms with Crippen molar-refractivity contribution in [1.82, 2.24) is 5.32 Å². The second kappa shape index (κ2) is 15.4. The van der Waals surface area contributed by atoms with Gasteiger partial charge >= 0.3 is 6.09 Å². The van der Waals surface area contributed by atoms with E-state index in [1.54, 1.807) is 6.92 Å². The smallest absolute Gasteiger partial charge is 0.407 e. The van der Waals surface area contributed by atoms with Crippen molar-refractivity contribution in [2.75, 3.05) is 33.0 Å². The number of nitrogens with one attached hydrogen (secondary N) is 1. The fourth-order valence-corrected chi connectivity index (χ4v) is 2.11. The summed E-state index contributed by atoms with van der Waals surface area (Å²) in [4.78, 5) is 11.6. The quantitative estimate of drug-likeness (QED) is 0.253. The molecule has 0 aliphatic rings. The van der Waals surface area contributed by atoms with Gasteiger partial charge in [0.2, 0.25) is 0 Å². The van der Waals surface area contributed by atoms with Gasteiger partial charge < -0.3 is 19.5 Å². The molecule has 0 aliphatic carbocycles. The summed E-state index contributed by atoms with van der Waals surface area (Å²) in [5.41, 5.74) is 0.609. The molecular formula is C20H34FNO4. The first-order chi connectivity index (χ1) is 12.4. The Balaban J connectivity index is 3.75. The van der Waals surface area contributed by atoms with E-state index in [4.69, 9.17) is 14.2 Å². The number of rotatable bonds is 15. The highest BCUT2D eigenvalue weighted by molar-refractivity contribution is 5.67. The number of ether oxygens (including phenoxy) is 3. The molecule has 0 aromatic heterocycles. The van der Waals surface area contributed by atoms with Crippen molar-refractivity contribution in [2.45, 2.75) is 46.5 Å². The molecule has 0 aromatic rings. The number of allylic oxidation sites excluding steroid dienone is 3. The number of hydrogen-bond acceptors (Lipinski definition) is 4. The molecule has 1 N–H and O–H groups in total.